The van der Waals surface area contributed by atoms with Gasteiger partial charge in [-0.1, -0.05) is 36.4 Å². The molecule has 0 aliphatic carbocycles. The quantitative estimate of drug-likeness (QED) is 0.773. The van der Waals surface area contributed by atoms with Gasteiger partial charge in [-0.15, -0.1) is 0 Å². The summed E-state index contributed by atoms with van der Waals surface area (Å²) in [5.74, 6) is 0.853. The first-order valence-corrected chi connectivity index (χ1v) is 11.3. The van der Waals surface area contributed by atoms with Gasteiger partial charge >= 0.3 is 0 Å². The Morgan fingerprint density at radius 1 is 1.14 bits per heavy atom. The van der Waals surface area contributed by atoms with Crippen molar-refractivity contribution in [1.29, 1.82) is 0 Å². The van der Waals surface area contributed by atoms with E-state index < -0.39 is 10.0 Å². The lowest BCUT2D eigenvalue weighted by molar-refractivity contribution is 0.0673. The number of carbonyl (C=O) groups is 1. The molecule has 1 aliphatic heterocycles. The number of hydrogen-bond acceptors (Lipinski definition) is 4. The van der Waals surface area contributed by atoms with Crippen molar-refractivity contribution >= 4 is 15.9 Å². The number of benzene rings is 2. The summed E-state index contributed by atoms with van der Waals surface area (Å²) in [4.78, 5) is 14.9. The Bertz CT molecular complexity index is 900. The molecule has 1 aliphatic rings. The Balaban J connectivity index is 1.66. The number of ether oxygens (including phenoxy) is 1. The number of para-hydroxylation sites is 1. The van der Waals surface area contributed by atoms with Crippen LogP contribution in [0.3, 0.4) is 0 Å². The van der Waals surface area contributed by atoms with Gasteiger partial charge in [0.25, 0.3) is 5.91 Å². The van der Waals surface area contributed by atoms with Gasteiger partial charge < -0.3 is 9.64 Å². The van der Waals surface area contributed by atoms with Gasteiger partial charge in [-0.3, -0.25) is 4.79 Å². The molecule has 7 heteroatoms. The molecule has 0 aromatic heterocycles. The lowest BCUT2D eigenvalue weighted by atomic mass is 9.97. The molecule has 1 heterocycles. The van der Waals surface area contributed by atoms with E-state index in [9.17, 15) is 13.2 Å². The van der Waals surface area contributed by atoms with Crippen LogP contribution in [0, 0.1) is 5.92 Å². The van der Waals surface area contributed by atoms with E-state index in [2.05, 4.69) is 4.72 Å². The number of hydrogen-bond donors (Lipinski definition) is 1. The predicted octanol–water partition coefficient (Wildman–Crippen LogP) is 2.67. The fourth-order valence-corrected chi connectivity index (χ4v) is 3.93. The van der Waals surface area contributed by atoms with Crippen LogP contribution >= 0.6 is 0 Å². The molecule has 1 N–H and O–H groups in total. The van der Waals surface area contributed by atoms with Crippen molar-refractivity contribution in [2.24, 2.45) is 5.92 Å². The van der Waals surface area contributed by atoms with E-state index in [1.807, 2.05) is 59.5 Å². The van der Waals surface area contributed by atoms with Crippen LogP contribution in [0.2, 0.25) is 0 Å². The standard InChI is InChI=1S/C21H26N2O4S/c1-28(25,26)22-14-17-8-7-13-23(15-17)21(24)20-12-6-5-9-18(20)16-27-19-10-3-2-4-11-19/h2-6,9-12,17,22H,7-8,13-16H2,1H3. The van der Waals surface area contributed by atoms with Gasteiger partial charge in [-0.05, 0) is 37.0 Å². The lowest BCUT2D eigenvalue weighted by Crippen LogP contribution is -2.43. The van der Waals surface area contributed by atoms with Crippen LogP contribution in [0.4, 0.5) is 0 Å². The molecule has 0 radical (unpaired) electrons. The number of carbonyl (C=O) groups excluding carboxylic acids is 1. The molecule has 1 fully saturated rings. The molecular weight excluding hydrogens is 376 g/mol. The third kappa shape index (κ3) is 5.81. The second-order valence-corrected chi connectivity index (χ2v) is 8.97. The summed E-state index contributed by atoms with van der Waals surface area (Å²) in [6.45, 7) is 1.91. The summed E-state index contributed by atoms with van der Waals surface area (Å²) >= 11 is 0. The van der Waals surface area contributed by atoms with Crippen molar-refractivity contribution in [1.82, 2.24) is 9.62 Å². The Kier molecular flexibility index (Phi) is 6.70. The largest absolute Gasteiger partial charge is 0.489 e. The maximum absolute atomic E-state index is 13.1. The number of nitrogens with one attached hydrogen (secondary N) is 1. The maximum atomic E-state index is 13.1. The second-order valence-electron chi connectivity index (χ2n) is 7.14. The summed E-state index contributed by atoms with van der Waals surface area (Å²) in [7, 11) is -3.22. The van der Waals surface area contributed by atoms with E-state index in [1.165, 1.54) is 0 Å². The minimum Gasteiger partial charge on any atom is -0.489 e. The van der Waals surface area contributed by atoms with Crippen molar-refractivity contribution in [2.75, 3.05) is 25.9 Å². The molecule has 2 aromatic rings. The number of likely N-dealkylation sites (tertiary alicyclic amines) is 1. The Morgan fingerprint density at radius 2 is 1.86 bits per heavy atom. The lowest BCUT2D eigenvalue weighted by Gasteiger charge is -2.33. The molecule has 1 amide bonds. The highest BCUT2D eigenvalue weighted by atomic mass is 32.2. The van der Waals surface area contributed by atoms with Crippen LogP contribution < -0.4 is 9.46 Å². The van der Waals surface area contributed by atoms with Crippen LogP contribution in [0.1, 0.15) is 28.8 Å². The Hall–Kier alpha value is -2.38. The highest BCUT2D eigenvalue weighted by molar-refractivity contribution is 7.88. The first-order chi connectivity index (χ1) is 13.4. The first-order valence-electron chi connectivity index (χ1n) is 9.42. The van der Waals surface area contributed by atoms with Gasteiger partial charge in [0.2, 0.25) is 10.0 Å². The SMILES string of the molecule is CS(=O)(=O)NCC1CCCN(C(=O)c2ccccc2COc2ccccc2)C1. The van der Waals surface area contributed by atoms with Crippen LogP contribution in [0.5, 0.6) is 5.75 Å². The zero-order valence-electron chi connectivity index (χ0n) is 16.0. The highest BCUT2D eigenvalue weighted by Gasteiger charge is 2.26. The van der Waals surface area contributed by atoms with Crippen molar-refractivity contribution in [3.05, 3.63) is 65.7 Å². The van der Waals surface area contributed by atoms with Crippen LogP contribution in [0.25, 0.3) is 0 Å². The third-order valence-electron chi connectivity index (χ3n) is 4.83. The van der Waals surface area contributed by atoms with Gasteiger partial charge in [-0.25, -0.2) is 13.1 Å². The summed E-state index contributed by atoms with van der Waals surface area (Å²) in [6, 6.07) is 17.0. The molecule has 28 heavy (non-hydrogen) atoms. The Labute approximate surface area is 166 Å². The monoisotopic (exact) mass is 402 g/mol. The summed E-state index contributed by atoms with van der Waals surface area (Å²) in [5, 5.41) is 0. The van der Waals surface area contributed by atoms with Gasteiger partial charge in [0.05, 0.1) is 6.26 Å². The fourth-order valence-electron chi connectivity index (χ4n) is 3.39. The molecule has 3 rings (SSSR count). The van der Waals surface area contributed by atoms with Crippen LogP contribution in [0.15, 0.2) is 54.6 Å². The molecule has 1 unspecified atom stereocenters. The van der Waals surface area contributed by atoms with Gasteiger partial charge in [0.15, 0.2) is 0 Å². The van der Waals surface area contributed by atoms with E-state index in [0.29, 0.717) is 31.8 Å². The second kappa shape index (κ2) is 9.21. The van der Waals surface area contributed by atoms with Crippen molar-refractivity contribution in [3.63, 3.8) is 0 Å². The maximum Gasteiger partial charge on any atom is 0.254 e. The molecule has 0 bridgehead atoms. The van der Waals surface area contributed by atoms with E-state index in [-0.39, 0.29) is 11.8 Å². The average Bonchev–Trinajstić information content (AvgIpc) is 2.71. The van der Waals surface area contributed by atoms with Crippen LogP contribution in [-0.4, -0.2) is 45.1 Å². The van der Waals surface area contributed by atoms with E-state index >= 15 is 0 Å². The molecule has 0 saturated carbocycles. The van der Waals surface area contributed by atoms with Gasteiger partial charge in [0.1, 0.15) is 12.4 Å². The number of piperidine rings is 1. The molecule has 0 spiro atoms. The van der Waals surface area contributed by atoms with Crippen molar-refractivity contribution in [2.45, 2.75) is 19.4 Å². The predicted molar refractivity (Wildman–Crippen MR) is 109 cm³/mol. The average molecular weight is 403 g/mol. The first kappa shape index (κ1) is 20.4. The summed E-state index contributed by atoms with van der Waals surface area (Å²) < 4.78 is 31.1. The zero-order chi connectivity index (χ0) is 20.0. The third-order valence-corrected chi connectivity index (χ3v) is 5.52. The molecule has 1 atom stereocenters. The number of amides is 1. The summed E-state index contributed by atoms with van der Waals surface area (Å²) in [5.41, 5.74) is 1.47. The van der Waals surface area contributed by atoms with Gasteiger partial charge in [0, 0.05) is 30.8 Å². The molecular formula is C21H26N2O4S. The fraction of sp³-hybridized carbons (Fsp3) is 0.381. The zero-order valence-corrected chi connectivity index (χ0v) is 16.8. The van der Waals surface area contributed by atoms with Crippen LogP contribution in [-0.2, 0) is 16.6 Å². The molecule has 6 nitrogen and oxygen atoms in total. The van der Waals surface area contributed by atoms with Crippen molar-refractivity contribution in [3.8, 4) is 5.75 Å². The topological polar surface area (TPSA) is 75.7 Å². The smallest absolute Gasteiger partial charge is 0.254 e. The molecule has 2 aromatic carbocycles. The van der Waals surface area contributed by atoms with E-state index in [1.54, 1.807) is 0 Å². The normalized spacial score (nSPS) is 17.3. The van der Waals surface area contributed by atoms with E-state index in [0.717, 1.165) is 30.4 Å². The summed E-state index contributed by atoms with van der Waals surface area (Å²) in [6.07, 6.45) is 2.93. The number of sulfonamides is 1. The highest BCUT2D eigenvalue weighted by Crippen LogP contribution is 2.21. The minimum absolute atomic E-state index is 0.0312. The number of nitrogens with zero attached hydrogens (tertiary/aromatic N) is 1. The number of rotatable bonds is 7. The minimum atomic E-state index is -3.22. The molecule has 1 saturated heterocycles. The Morgan fingerprint density at radius 3 is 2.61 bits per heavy atom. The molecule has 150 valence electrons. The van der Waals surface area contributed by atoms with Crippen molar-refractivity contribution < 1.29 is 17.9 Å². The van der Waals surface area contributed by atoms with Gasteiger partial charge in [-0.2, -0.15) is 0 Å². The van der Waals surface area contributed by atoms with E-state index in [4.69, 9.17) is 4.74 Å².